The maximum absolute atomic E-state index is 11.7. The predicted molar refractivity (Wildman–Crippen MR) is 65.4 cm³/mol. The van der Waals surface area contributed by atoms with Crippen molar-refractivity contribution >= 4 is 40.0 Å². The van der Waals surface area contributed by atoms with Crippen LogP contribution in [0.25, 0.3) is 0 Å². The molecule has 0 saturated carbocycles. The Morgan fingerprint density at radius 3 is 2.86 bits per heavy atom. The Morgan fingerprint density at radius 2 is 2.29 bits per heavy atom. The highest BCUT2D eigenvalue weighted by Crippen LogP contribution is 2.25. The van der Waals surface area contributed by atoms with E-state index < -0.39 is 0 Å². The molecule has 0 unspecified atom stereocenters. The summed E-state index contributed by atoms with van der Waals surface area (Å²) in [5.41, 5.74) is 0.635. The molecule has 76 valence electrons. The number of Topliss-reactive ketones (excluding diaryl/α,β-unsaturated/α-hetero) is 1. The molecule has 0 aromatic heterocycles. The summed E-state index contributed by atoms with van der Waals surface area (Å²) in [6, 6.07) is 5.52. The highest BCUT2D eigenvalue weighted by molar-refractivity contribution is 14.1. The van der Waals surface area contributed by atoms with E-state index in [9.17, 15) is 4.79 Å². The lowest BCUT2D eigenvalue weighted by Gasteiger charge is -2.08. The van der Waals surface area contributed by atoms with Gasteiger partial charge in [0.05, 0.1) is 12.7 Å². The van der Waals surface area contributed by atoms with E-state index in [1.807, 2.05) is 12.1 Å². The second-order valence-electron chi connectivity index (χ2n) is 2.68. The smallest absolute Gasteiger partial charge is 0.168 e. The van der Waals surface area contributed by atoms with Gasteiger partial charge in [-0.1, -0.05) is 6.07 Å². The van der Waals surface area contributed by atoms with Gasteiger partial charge in [0, 0.05) is 15.9 Å². The summed E-state index contributed by atoms with van der Waals surface area (Å²) in [6.07, 6.45) is 0.345. The lowest BCUT2D eigenvalue weighted by Crippen LogP contribution is -2.05. The number of alkyl halides is 1. The molecule has 0 heterocycles. The standard InChI is InChI=1S/C10H10ClIO2/c1-14-9-4-2-3-7(12)10(9)8(13)5-6-11/h2-4H,5-6H2,1H3. The Kier molecular flexibility index (Phi) is 4.68. The van der Waals surface area contributed by atoms with Crippen LogP contribution in [0.1, 0.15) is 16.8 Å². The van der Waals surface area contributed by atoms with Crippen LogP contribution in [0, 0.1) is 3.57 Å². The first kappa shape index (κ1) is 11.8. The molecule has 1 rings (SSSR count). The minimum absolute atomic E-state index is 0.0295. The molecular formula is C10H10ClIO2. The minimum atomic E-state index is 0.0295. The summed E-state index contributed by atoms with van der Waals surface area (Å²) in [5, 5.41) is 0. The number of hydrogen-bond acceptors (Lipinski definition) is 2. The van der Waals surface area contributed by atoms with Gasteiger partial charge < -0.3 is 4.74 Å². The topological polar surface area (TPSA) is 26.3 Å². The van der Waals surface area contributed by atoms with Crippen molar-refractivity contribution in [3.63, 3.8) is 0 Å². The first-order chi connectivity index (χ1) is 6.70. The highest BCUT2D eigenvalue weighted by atomic mass is 127. The fourth-order valence-corrected chi connectivity index (χ4v) is 2.10. The van der Waals surface area contributed by atoms with Gasteiger partial charge in [0.25, 0.3) is 0 Å². The van der Waals surface area contributed by atoms with Crippen LogP contribution in [0.3, 0.4) is 0 Å². The van der Waals surface area contributed by atoms with Gasteiger partial charge in [-0.3, -0.25) is 4.79 Å². The third kappa shape index (κ3) is 2.60. The van der Waals surface area contributed by atoms with Crippen molar-refractivity contribution in [2.24, 2.45) is 0 Å². The molecule has 14 heavy (non-hydrogen) atoms. The highest BCUT2D eigenvalue weighted by Gasteiger charge is 2.14. The summed E-state index contributed by atoms with van der Waals surface area (Å²) < 4.78 is 6.02. The maximum atomic E-state index is 11.7. The molecule has 0 aliphatic carbocycles. The Balaban J connectivity index is 3.10. The Hall–Kier alpha value is -0.290. The summed E-state index contributed by atoms with van der Waals surface area (Å²) >= 11 is 7.65. The van der Waals surface area contributed by atoms with Crippen molar-refractivity contribution in [3.8, 4) is 5.75 Å². The zero-order valence-electron chi connectivity index (χ0n) is 7.72. The Morgan fingerprint density at radius 1 is 1.57 bits per heavy atom. The van der Waals surface area contributed by atoms with Crippen molar-refractivity contribution in [1.82, 2.24) is 0 Å². The molecule has 1 aromatic rings. The second kappa shape index (κ2) is 5.56. The molecule has 0 saturated heterocycles. The van der Waals surface area contributed by atoms with Crippen molar-refractivity contribution in [3.05, 3.63) is 27.3 Å². The molecule has 0 amide bonds. The Bertz CT molecular complexity index is 339. The van der Waals surface area contributed by atoms with Gasteiger partial charge in [-0.25, -0.2) is 0 Å². The van der Waals surface area contributed by atoms with E-state index in [4.69, 9.17) is 16.3 Å². The van der Waals surface area contributed by atoms with E-state index in [0.717, 1.165) is 3.57 Å². The van der Waals surface area contributed by atoms with Crippen molar-refractivity contribution in [2.75, 3.05) is 13.0 Å². The van der Waals surface area contributed by atoms with E-state index in [2.05, 4.69) is 22.6 Å². The van der Waals surface area contributed by atoms with Gasteiger partial charge >= 0.3 is 0 Å². The van der Waals surface area contributed by atoms with Crippen LogP contribution in [-0.2, 0) is 0 Å². The van der Waals surface area contributed by atoms with Gasteiger partial charge in [0.2, 0.25) is 0 Å². The molecule has 0 aliphatic heterocycles. The minimum Gasteiger partial charge on any atom is -0.496 e. The van der Waals surface area contributed by atoms with E-state index in [-0.39, 0.29) is 5.78 Å². The van der Waals surface area contributed by atoms with Crippen LogP contribution >= 0.6 is 34.2 Å². The molecule has 0 bridgehead atoms. The van der Waals surface area contributed by atoms with E-state index >= 15 is 0 Å². The molecule has 0 N–H and O–H groups in total. The molecule has 0 atom stereocenters. The van der Waals surface area contributed by atoms with Gasteiger partial charge in [-0.2, -0.15) is 0 Å². The number of ketones is 1. The molecule has 4 heteroatoms. The fourth-order valence-electron chi connectivity index (χ4n) is 1.16. The van der Waals surface area contributed by atoms with Crippen LogP contribution < -0.4 is 4.74 Å². The molecule has 0 spiro atoms. The Labute approximate surface area is 102 Å². The summed E-state index contributed by atoms with van der Waals surface area (Å²) in [7, 11) is 1.56. The third-order valence-corrected chi connectivity index (χ3v) is 2.88. The number of hydrogen-bond donors (Lipinski definition) is 0. The van der Waals surface area contributed by atoms with Crippen molar-refractivity contribution in [2.45, 2.75) is 6.42 Å². The number of halogens is 2. The number of ether oxygens (including phenoxy) is 1. The molecule has 0 radical (unpaired) electrons. The first-order valence-corrected chi connectivity index (χ1v) is 5.73. The lowest BCUT2D eigenvalue weighted by molar-refractivity contribution is 0.0985. The molecule has 0 aliphatic rings. The largest absolute Gasteiger partial charge is 0.496 e. The monoisotopic (exact) mass is 324 g/mol. The predicted octanol–water partition coefficient (Wildman–Crippen LogP) is 3.11. The second-order valence-corrected chi connectivity index (χ2v) is 4.22. The van der Waals surface area contributed by atoms with E-state index in [1.165, 1.54) is 0 Å². The molecule has 0 fully saturated rings. The van der Waals surface area contributed by atoms with Crippen LogP contribution in [-0.4, -0.2) is 18.8 Å². The van der Waals surface area contributed by atoms with Crippen molar-refractivity contribution in [1.29, 1.82) is 0 Å². The van der Waals surface area contributed by atoms with E-state index in [1.54, 1.807) is 13.2 Å². The first-order valence-electron chi connectivity index (χ1n) is 4.12. The number of methoxy groups -OCH3 is 1. The molecule has 1 aromatic carbocycles. The van der Waals surface area contributed by atoms with Crippen LogP contribution in [0.5, 0.6) is 5.75 Å². The lowest BCUT2D eigenvalue weighted by atomic mass is 10.1. The normalized spacial score (nSPS) is 9.93. The average Bonchev–Trinajstić information content (AvgIpc) is 2.17. The number of carbonyl (C=O) groups is 1. The molecular weight excluding hydrogens is 314 g/mol. The quantitative estimate of drug-likeness (QED) is 0.483. The SMILES string of the molecule is COc1cccc(I)c1C(=O)CCCl. The fraction of sp³-hybridized carbons (Fsp3) is 0.300. The zero-order chi connectivity index (χ0) is 10.6. The van der Waals surface area contributed by atoms with Crippen LogP contribution in [0.4, 0.5) is 0 Å². The van der Waals surface area contributed by atoms with Gasteiger partial charge in [0.15, 0.2) is 5.78 Å². The van der Waals surface area contributed by atoms with Crippen LogP contribution in [0.2, 0.25) is 0 Å². The van der Waals surface area contributed by atoms with Crippen LogP contribution in [0.15, 0.2) is 18.2 Å². The van der Waals surface area contributed by atoms with Gasteiger partial charge in [-0.05, 0) is 34.7 Å². The van der Waals surface area contributed by atoms with Crippen molar-refractivity contribution < 1.29 is 9.53 Å². The summed E-state index contributed by atoms with van der Waals surface area (Å²) in [5.74, 6) is 0.987. The maximum Gasteiger partial charge on any atom is 0.168 e. The number of rotatable bonds is 4. The third-order valence-electron chi connectivity index (χ3n) is 1.80. The average molecular weight is 325 g/mol. The number of benzene rings is 1. The zero-order valence-corrected chi connectivity index (χ0v) is 10.6. The van der Waals surface area contributed by atoms with Gasteiger partial charge in [0.1, 0.15) is 5.75 Å². The summed E-state index contributed by atoms with van der Waals surface area (Å²) in [6.45, 7) is 0. The molecule has 2 nitrogen and oxygen atoms in total. The van der Waals surface area contributed by atoms with E-state index in [0.29, 0.717) is 23.6 Å². The number of carbonyl (C=O) groups excluding carboxylic acids is 1. The van der Waals surface area contributed by atoms with Gasteiger partial charge in [-0.15, -0.1) is 11.6 Å². The summed E-state index contributed by atoms with van der Waals surface area (Å²) in [4.78, 5) is 11.7.